The van der Waals surface area contributed by atoms with Gasteiger partial charge in [0.15, 0.2) is 6.10 Å². The molecule has 0 rings (SSSR count). The highest BCUT2D eigenvalue weighted by Gasteiger charge is 2.19. The molecule has 1 unspecified atom stereocenters. The molecule has 0 aliphatic rings. The van der Waals surface area contributed by atoms with Crippen LogP contribution < -0.4 is 0 Å². The molecule has 0 aromatic rings. The number of hydrogen-bond acceptors (Lipinski definition) is 6. The topological polar surface area (TPSA) is 78.9 Å². The van der Waals surface area contributed by atoms with Crippen molar-refractivity contribution >= 4 is 17.9 Å². The number of allylic oxidation sites excluding steroid dienone is 14. The molecule has 0 fully saturated rings. The van der Waals surface area contributed by atoms with Gasteiger partial charge in [-0.3, -0.25) is 14.4 Å². The van der Waals surface area contributed by atoms with Crippen molar-refractivity contribution in [1.29, 1.82) is 0 Å². The average molecular weight is 807 g/mol. The van der Waals surface area contributed by atoms with Gasteiger partial charge in [0.25, 0.3) is 0 Å². The van der Waals surface area contributed by atoms with Crippen molar-refractivity contribution in [2.45, 2.75) is 213 Å². The summed E-state index contributed by atoms with van der Waals surface area (Å²) in [5.41, 5.74) is 0. The van der Waals surface area contributed by atoms with Gasteiger partial charge in [0.2, 0.25) is 0 Å². The van der Waals surface area contributed by atoms with E-state index in [1.807, 2.05) is 0 Å². The third-order valence-electron chi connectivity index (χ3n) is 9.63. The average Bonchev–Trinajstić information content (AvgIpc) is 3.22. The summed E-state index contributed by atoms with van der Waals surface area (Å²) in [6.45, 7) is 6.37. The third kappa shape index (κ3) is 43.7. The van der Waals surface area contributed by atoms with Gasteiger partial charge in [-0.05, 0) is 96.3 Å². The first kappa shape index (κ1) is 54.6. The van der Waals surface area contributed by atoms with E-state index in [1.54, 1.807) is 0 Å². The van der Waals surface area contributed by atoms with Gasteiger partial charge >= 0.3 is 17.9 Å². The molecule has 1 atom stereocenters. The van der Waals surface area contributed by atoms with Crippen LogP contribution >= 0.6 is 0 Å². The molecular formula is C52H86O6. The fourth-order valence-electron chi connectivity index (χ4n) is 6.08. The summed E-state index contributed by atoms with van der Waals surface area (Å²) in [5.74, 6) is -0.970. The van der Waals surface area contributed by atoms with Crippen molar-refractivity contribution in [2.75, 3.05) is 13.2 Å². The maximum atomic E-state index is 12.7. The normalized spacial score (nSPS) is 12.8. The monoisotopic (exact) mass is 807 g/mol. The minimum absolute atomic E-state index is 0.0988. The SMILES string of the molecule is CC/C=C\C/C=C\C/C=C\C/C=C\CCCCC(=O)OC(COC(=O)CCCCCCCC)COC(=O)CCCCCCCC/C=C\C/C=C\C/C=C\CCCCC. The highest BCUT2D eigenvalue weighted by Crippen LogP contribution is 2.12. The number of hydrogen-bond donors (Lipinski definition) is 0. The lowest BCUT2D eigenvalue weighted by Crippen LogP contribution is -2.30. The Bertz CT molecular complexity index is 1160. The van der Waals surface area contributed by atoms with Crippen molar-refractivity contribution in [3.63, 3.8) is 0 Å². The van der Waals surface area contributed by atoms with E-state index in [-0.39, 0.29) is 37.5 Å². The van der Waals surface area contributed by atoms with Crippen LogP contribution in [0.4, 0.5) is 0 Å². The number of esters is 3. The largest absolute Gasteiger partial charge is 0.462 e. The molecule has 0 amide bonds. The van der Waals surface area contributed by atoms with E-state index in [4.69, 9.17) is 14.2 Å². The lowest BCUT2D eigenvalue weighted by Gasteiger charge is -2.18. The van der Waals surface area contributed by atoms with E-state index in [2.05, 4.69) is 106 Å². The van der Waals surface area contributed by atoms with Crippen LogP contribution in [0, 0.1) is 0 Å². The van der Waals surface area contributed by atoms with Crippen molar-refractivity contribution < 1.29 is 28.6 Å². The van der Waals surface area contributed by atoms with E-state index >= 15 is 0 Å². The molecule has 0 radical (unpaired) electrons. The summed E-state index contributed by atoms with van der Waals surface area (Å²) >= 11 is 0. The van der Waals surface area contributed by atoms with Crippen molar-refractivity contribution in [1.82, 2.24) is 0 Å². The fourth-order valence-corrected chi connectivity index (χ4v) is 6.08. The van der Waals surface area contributed by atoms with Crippen LogP contribution in [-0.4, -0.2) is 37.2 Å². The first-order chi connectivity index (χ1) is 28.5. The quantitative estimate of drug-likeness (QED) is 0.0265. The van der Waals surface area contributed by atoms with Gasteiger partial charge in [-0.25, -0.2) is 0 Å². The second-order valence-electron chi connectivity index (χ2n) is 15.3. The zero-order chi connectivity index (χ0) is 42.3. The first-order valence-electron chi connectivity index (χ1n) is 23.6. The molecular weight excluding hydrogens is 721 g/mol. The molecule has 0 N–H and O–H groups in total. The van der Waals surface area contributed by atoms with Crippen LogP contribution in [0.15, 0.2) is 85.1 Å². The van der Waals surface area contributed by atoms with Gasteiger partial charge in [0, 0.05) is 19.3 Å². The van der Waals surface area contributed by atoms with Gasteiger partial charge in [-0.1, -0.05) is 176 Å². The summed E-state index contributed by atoms with van der Waals surface area (Å²) in [5, 5.41) is 0. The molecule has 0 aliphatic heterocycles. The van der Waals surface area contributed by atoms with Crippen LogP contribution in [0.2, 0.25) is 0 Å². The predicted molar refractivity (Wildman–Crippen MR) is 247 cm³/mol. The summed E-state index contributed by atoms with van der Waals surface area (Å²) in [6, 6.07) is 0. The summed E-state index contributed by atoms with van der Waals surface area (Å²) in [6.07, 6.45) is 58.7. The van der Waals surface area contributed by atoms with Gasteiger partial charge in [-0.15, -0.1) is 0 Å². The standard InChI is InChI=1S/C52H86O6/c1-4-7-10-13-16-18-20-22-24-25-26-27-29-30-32-34-36-39-42-45-51(54)57-48-49(47-56-50(53)44-41-38-15-12-9-6-3)58-52(55)46-43-40-37-35-33-31-28-23-21-19-17-14-11-8-5-2/h8,11,16-19,22-24,26-28,33,35,49H,4-7,9-10,12-15,20-21,25,29-32,34,36-48H2,1-3H3/b11-8-,18-16-,19-17-,24-22-,27-26-,28-23-,35-33-. The Balaban J connectivity index is 4.35. The van der Waals surface area contributed by atoms with E-state index < -0.39 is 6.10 Å². The molecule has 0 bridgehead atoms. The Hall–Kier alpha value is -3.41. The predicted octanol–water partition coefficient (Wildman–Crippen LogP) is 15.3. The van der Waals surface area contributed by atoms with Crippen molar-refractivity contribution in [3.05, 3.63) is 85.1 Å². The Morgan fingerprint density at radius 2 is 0.672 bits per heavy atom. The molecule has 58 heavy (non-hydrogen) atoms. The van der Waals surface area contributed by atoms with Crippen LogP contribution in [0.5, 0.6) is 0 Å². The molecule has 6 nitrogen and oxygen atoms in total. The maximum absolute atomic E-state index is 12.7. The molecule has 6 heteroatoms. The molecule has 0 heterocycles. The van der Waals surface area contributed by atoms with E-state index in [1.165, 1.54) is 64.2 Å². The number of unbranched alkanes of at least 4 members (excludes halogenated alkanes) is 16. The minimum Gasteiger partial charge on any atom is -0.462 e. The number of rotatable bonds is 41. The molecule has 0 spiro atoms. The fraction of sp³-hybridized carbons (Fsp3) is 0.673. The summed E-state index contributed by atoms with van der Waals surface area (Å²) in [7, 11) is 0. The van der Waals surface area contributed by atoms with Crippen LogP contribution in [-0.2, 0) is 28.6 Å². The lowest BCUT2D eigenvalue weighted by atomic mass is 10.1. The maximum Gasteiger partial charge on any atom is 0.306 e. The van der Waals surface area contributed by atoms with Gasteiger partial charge in [0.1, 0.15) is 13.2 Å². The summed E-state index contributed by atoms with van der Waals surface area (Å²) in [4.78, 5) is 37.6. The van der Waals surface area contributed by atoms with E-state index in [9.17, 15) is 14.4 Å². The van der Waals surface area contributed by atoms with Crippen molar-refractivity contribution in [3.8, 4) is 0 Å². The molecule has 0 saturated heterocycles. The van der Waals surface area contributed by atoms with Crippen LogP contribution in [0.1, 0.15) is 207 Å². The minimum atomic E-state index is -0.799. The lowest BCUT2D eigenvalue weighted by molar-refractivity contribution is -0.167. The van der Waals surface area contributed by atoms with Crippen LogP contribution in [0.3, 0.4) is 0 Å². The number of carbonyl (C=O) groups excluding carboxylic acids is 3. The zero-order valence-electron chi connectivity index (χ0n) is 37.5. The smallest absolute Gasteiger partial charge is 0.306 e. The Morgan fingerprint density at radius 3 is 1.12 bits per heavy atom. The van der Waals surface area contributed by atoms with E-state index in [0.717, 1.165) is 96.3 Å². The van der Waals surface area contributed by atoms with Crippen LogP contribution in [0.25, 0.3) is 0 Å². The molecule has 0 aromatic carbocycles. The molecule has 0 saturated carbocycles. The first-order valence-corrected chi connectivity index (χ1v) is 23.6. The highest BCUT2D eigenvalue weighted by atomic mass is 16.6. The molecule has 0 aromatic heterocycles. The zero-order valence-corrected chi connectivity index (χ0v) is 37.5. The molecule has 330 valence electrons. The third-order valence-corrected chi connectivity index (χ3v) is 9.63. The Morgan fingerprint density at radius 1 is 0.362 bits per heavy atom. The summed E-state index contributed by atoms with van der Waals surface area (Å²) < 4.78 is 16.6. The number of carbonyl (C=O) groups is 3. The molecule has 0 aliphatic carbocycles. The van der Waals surface area contributed by atoms with Gasteiger partial charge in [-0.2, -0.15) is 0 Å². The van der Waals surface area contributed by atoms with Gasteiger partial charge < -0.3 is 14.2 Å². The van der Waals surface area contributed by atoms with E-state index in [0.29, 0.717) is 19.3 Å². The van der Waals surface area contributed by atoms with Gasteiger partial charge in [0.05, 0.1) is 0 Å². The van der Waals surface area contributed by atoms with Crippen molar-refractivity contribution in [2.24, 2.45) is 0 Å². The Kier molecular flexibility index (Phi) is 43.6. The number of ether oxygens (including phenoxy) is 3. The second-order valence-corrected chi connectivity index (χ2v) is 15.3. The second kappa shape index (κ2) is 46.3. The highest BCUT2D eigenvalue weighted by molar-refractivity contribution is 5.71. The Labute approximate surface area is 356 Å².